The monoisotopic (exact) mass is 1520 g/mol. The van der Waals surface area contributed by atoms with E-state index in [4.69, 9.17) is 0 Å². The van der Waals surface area contributed by atoms with Gasteiger partial charge in [0.05, 0.1) is 34.2 Å². The summed E-state index contributed by atoms with van der Waals surface area (Å²) in [5.41, 5.74) is 1.70. The standard InChI is InChI=1S/C68H86N26O14S/c1-86(2)22-12-18-69-52(95)14-19-71-60(100)43-36-109-37-56(99)75-39-24-48(90(6)29-39)65(105)85-51-35-92(8)57(84-51)66(106)73-21-16-55(98)81-50-34-94(10)59(83-50)68(108)77-41-25-44(87(3)31-41)61(101)70-17-11-13-53(96)80-49-33-93(9)58(82-49)67(107)78-42-26-45(88(4)32-42)62(102)72-20-15-54(97)74-38-23-46(89(5)28-38)63(103)76-40-27-47(64(104)79-43)91(7)30-40/h23-35,43H,11-22,36-37H2,1-10H3,(H,69,95)(H,70,101)(H,71,100)(H,72,102)(H,73,106)(H,74,97)(H,75,99)(H,76,103)(H,77,108)(H,78,107)(H,79,104)(H,80,96)(H,81,98)(H,85,105)/t43-/m0/s1. The van der Waals surface area contributed by atoms with Crippen LogP contribution in [-0.2, 0) is 85.1 Å². The van der Waals surface area contributed by atoms with E-state index in [-0.39, 0.29) is 168 Å². The van der Waals surface area contributed by atoms with Crippen LogP contribution in [0.3, 0.4) is 0 Å². The molecule has 8 aromatic rings. The molecule has 1 aliphatic rings. The number of fused-ring (bicyclic) bond motifs is 16. The number of imidazole rings is 3. The first kappa shape index (κ1) is 80.0. The number of carbonyl (C=O) groups is 14. The molecule has 14 amide bonds. The number of nitrogens with zero attached hydrogens (tertiary/aromatic N) is 12. The van der Waals surface area contributed by atoms with Crippen molar-refractivity contribution in [3.05, 3.63) is 126 Å². The largest absolute Gasteiger partial charge is 0.356 e. The van der Waals surface area contributed by atoms with Crippen molar-refractivity contribution >= 4 is 140 Å². The maximum absolute atomic E-state index is 14.0. The molecule has 16 bridgehead atoms. The van der Waals surface area contributed by atoms with Crippen LogP contribution in [-0.4, -0.2) is 210 Å². The minimum atomic E-state index is -1.25. The Bertz CT molecular complexity index is 4820. The first-order valence-electron chi connectivity index (χ1n) is 34.1. The maximum atomic E-state index is 14.0. The molecule has 9 heterocycles. The molecule has 0 radical (unpaired) electrons. The molecule has 14 N–H and O–H groups in total. The lowest BCUT2D eigenvalue weighted by atomic mass is 10.2. The highest BCUT2D eigenvalue weighted by molar-refractivity contribution is 8.00. The molecular formula is C68H86N26O14S. The number of thioether (sulfide) groups is 1. The molecule has 8 aromatic heterocycles. The molecule has 0 aromatic carbocycles. The van der Waals surface area contributed by atoms with Gasteiger partial charge in [0.25, 0.3) is 47.3 Å². The molecule has 0 spiro atoms. The van der Waals surface area contributed by atoms with Gasteiger partial charge < -0.3 is 116 Å². The minimum absolute atomic E-state index is 0.000548. The van der Waals surface area contributed by atoms with Crippen molar-refractivity contribution in [1.82, 2.24) is 88.3 Å². The Morgan fingerprint density at radius 2 is 0.807 bits per heavy atom. The first-order valence-corrected chi connectivity index (χ1v) is 35.3. The van der Waals surface area contributed by atoms with E-state index < -0.39 is 82.8 Å². The van der Waals surface area contributed by atoms with Crippen molar-refractivity contribution in [3.8, 4) is 0 Å². The van der Waals surface area contributed by atoms with E-state index in [1.807, 2.05) is 19.0 Å². The molecule has 109 heavy (non-hydrogen) atoms. The Kier molecular flexibility index (Phi) is 26.6. The summed E-state index contributed by atoms with van der Waals surface area (Å²) in [5.74, 6) is -8.61. The van der Waals surface area contributed by atoms with Crippen LogP contribution >= 0.6 is 11.8 Å². The van der Waals surface area contributed by atoms with Crippen molar-refractivity contribution in [2.24, 2.45) is 56.4 Å². The number of anilines is 8. The SMILES string of the molecule is CN(C)CCCNC(=O)CCNC(=O)[C@@H]1CSCC(=O)Nc2cc(n(C)c2)C(=O)Nc2cn(C)c(n2)C(=O)NCCC(=O)Nc2cn(C)c(n2)C(=O)Nc2cc(n(C)c2)C(=O)NCCCC(=O)Nc2cn(C)c(n2)C(=O)Nc2cc(n(C)c2)C(=O)NCCC(=O)Nc2cc(n(C)c2)C(=O)Nc2cc(n(C)c2)C(=O)N1. The lowest BCUT2D eigenvalue weighted by molar-refractivity contribution is -0.123. The number of hydrogen-bond acceptors (Lipinski definition) is 19. The molecule has 578 valence electrons. The van der Waals surface area contributed by atoms with Gasteiger partial charge in [0.15, 0.2) is 17.5 Å². The van der Waals surface area contributed by atoms with E-state index in [1.165, 1.54) is 131 Å². The smallest absolute Gasteiger partial charge is 0.291 e. The molecular weight excluding hydrogens is 1440 g/mol. The second-order valence-electron chi connectivity index (χ2n) is 25.8. The van der Waals surface area contributed by atoms with E-state index in [0.29, 0.717) is 13.0 Å². The Hall–Kier alpha value is -13.1. The molecule has 0 fully saturated rings. The number of nitrogens with one attached hydrogen (secondary N) is 14. The molecule has 1 aliphatic heterocycles. The summed E-state index contributed by atoms with van der Waals surface area (Å²) in [4.78, 5) is 202. The maximum Gasteiger partial charge on any atom is 0.291 e. The fourth-order valence-electron chi connectivity index (χ4n) is 11.2. The molecule has 0 aliphatic carbocycles. The number of carbonyl (C=O) groups excluding carboxylic acids is 14. The predicted octanol–water partition coefficient (Wildman–Crippen LogP) is 0.613. The summed E-state index contributed by atoms with van der Waals surface area (Å²) >= 11 is 1.00. The van der Waals surface area contributed by atoms with Gasteiger partial charge in [-0.05, 0) is 63.8 Å². The van der Waals surface area contributed by atoms with Crippen LogP contribution in [0.15, 0.2) is 79.9 Å². The zero-order valence-corrected chi connectivity index (χ0v) is 62.3. The van der Waals surface area contributed by atoms with E-state index in [1.54, 1.807) is 42.3 Å². The predicted molar refractivity (Wildman–Crippen MR) is 401 cm³/mol. The second-order valence-corrected chi connectivity index (χ2v) is 26.8. The zero-order valence-electron chi connectivity index (χ0n) is 61.5. The summed E-state index contributed by atoms with van der Waals surface area (Å²) < 4.78 is 11.4. The summed E-state index contributed by atoms with van der Waals surface area (Å²) in [5, 5.41) is 37.7. The van der Waals surface area contributed by atoms with Crippen LogP contribution < -0.4 is 74.4 Å². The van der Waals surface area contributed by atoms with Crippen LogP contribution in [0.1, 0.15) is 123 Å². The number of rotatable bonds is 8. The Balaban J connectivity index is 0.853. The van der Waals surface area contributed by atoms with Crippen molar-refractivity contribution in [1.29, 1.82) is 0 Å². The van der Waals surface area contributed by atoms with Gasteiger partial charge >= 0.3 is 0 Å². The Morgan fingerprint density at radius 1 is 0.422 bits per heavy atom. The highest BCUT2D eigenvalue weighted by Gasteiger charge is 2.28. The van der Waals surface area contributed by atoms with E-state index >= 15 is 0 Å². The molecule has 0 unspecified atom stereocenters. The van der Waals surface area contributed by atoms with Crippen molar-refractivity contribution < 1.29 is 67.1 Å². The van der Waals surface area contributed by atoms with Gasteiger partial charge in [0.2, 0.25) is 52.9 Å². The summed E-state index contributed by atoms with van der Waals surface area (Å²) in [6.07, 6.45) is 12.1. The first-order chi connectivity index (χ1) is 51.8. The van der Waals surface area contributed by atoms with E-state index in [2.05, 4.69) is 89.4 Å². The minimum Gasteiger partial charge on any atom is -0.356 e. The van der Waals surface area contributed by atoms with Crippen LogP contribution in [0, 0.1) is 0 Å². The van der Waals surface area contributed by atoms with Gasteiger partial charge in [-0.2, -0.15) is 0 Å². The van der Waals surface area contributed by atoms with E-state index in [9.17, 15) is 67.1 Å². The number of hydrogen-bond donors (Lipinski definition) is 14. The van der Waals surface area contributed by atoms with Crippen molar-refractivity contribution in [2.75, 3.05) is 107 Å². The van der Waals surface area contributed by atoms with Crippen LogP contribution in [0.5, 0.6) is 0 Å². The average Bonchev–Trinajstić information content (AvgIpc) is 1.69. The number of aryl methyl sites for hydroxylation is 8. The molecule has 40 nitrogen and oxygen atoms in total. The molecule has 0 saturated carbocycles. The highest BCUT2D eigenvalue weighted by atomic mass is 32.2. The fourth-order valence-corrected chi connectivity index (χ4v) is 12.0. The number of amides is 14. The van der Waals surface area contributed by atoms with Crippen LogP contribution in [0.4, 0.5) is 45.9 Å². The second kappa shape index (κ2) is 36.3. The normalized spacial score (nSPS) is 15.9. The molecule has 0 saturated heterocycles. The van der Waals surface area contributed by atoms with Gasteiger partial charge in [0.1, 0.15) is 34.5 Å². The quantitative estimate of drug-likeness (QED) is 0.0927. The topological polar surface area (TPSA) is 489 Å². The zero-order chi connectivity index (χ0) is 78.9. The van der Waals surface area contributed by atoms with Gasteiger partial charge in [-0.1, -0.05) is 0 Å². The average molecular weight is 1520 g/mol. The molecule has 9 rings (SSSR count). The lowest BCUT2D eigenvalue weighted by Gasteiger charge is -2.18. The summed E-state index contributed by atoms with van der Waals surface area (Å²) in [7, 11) is 16.3. The highest BCUT2D eigenvalue weighted by Crippen LogP contribution is 2.23. The summed E-state index contributed by atoms with van der Waals surface area (Å²) in [6, 6.07) is 5.82. The third-order valence-corrected chi connectivity index (χ3v) is 17.6. The van der Waals surface area contributed by atoms with Crippen molar-refractivity contribution in [3.63, 3.8) is 0 Å². The van der Waals surface area contributed by atoms with Crippen LogP contribution in [0.25, 0.3) is 0 Å². The third kappa shape index (κ3) is 22.0. The molecule has 41 heteroatoms. The Morgan fingerprint density at radius 3 is 1.29 bits per heavy atom. The van der Waals surface area contributed by atoms with Crippen LogP contribution in [0.2, 0.25) is 0 Å². The number of aromatic nitrogens is 11. The van der Waals surface area contributed by atoms with Gasteiger partial charge in [-0.15, -0.1) is 11.8 Å². The molecule has 1 atom stereocenters. The van der Waals surface area contributed by atoms with Gasteiger partial charge in [-0.25, -0.2) is 15.0 Å². The lowest BCUT2D eigenvalue weighted by Crippen LogP contribution is -2.49. The van der Waals surface area contributed by atoms with E-state index in [0.717, 1.165) is 18.3 Å². The fraction of sp³-hybridized carbons (Fsp3) is 0.368. The van der Waals surface area contributed by atoms with Gasteiger partial charge in [0, 0.05) is 170 Å². The summed E-state index contributed by atoms with van der Waals surface area (Å²) in [6.45, 7) is 0.933. The third-order valence-electron chi connectivity index (χ3n) is 16.6. The van der Waals surface area contributed by atoms with Crippen molar-refractivity contribution in [2.45, 2.75) is 44.6 Å². The van der Waals surface area contributed by atoms with Gasteiger partial charge in [-0.3, -0.25) is 67.1 Å². The Labute approximate surface area is 627 Å².